The van der Waals surface area contributed by atoms with Gasteiger partial charge in [-0.25, -0.2) is 15.0 Å². The lowest BCUT2D eigenvalue weighted by atomic mass is 9.73. The van der Waals surface area contributed by atoms with Crippen LogP contribution in [0.3, 0.4) is 0 Å². The van der Waals surface area contributed by atoms with Crippen LogP contribution in [0, 0.1) is 11.3 Å². The van der Waals surface area contributed by atoms with Gasteiger partial charge >= 0.3 is 0 Å². The number of methoxy groups -OCH3 is 1. The number of nitrogens with zero attached hydrogens (tertiary/aromatic N) is 6. The van der Waals surface area contributed by atoms with Crippen molar-refractivity contribution in [3.63, 3.8) is 0 Å². The standard InChI is InChI=1S/C29H35N7O3S/c1-38-16-18-11-19-17-39-25-23(4-8-32-28(25)36(19)14-18)40-24-13-33-27(22(15-37)34-24)35-9-5-29(6-10-35)12-21-20(26(29)30)3-2-7-31-21/h2-4,7-8,13,18-19,26,37H,5-6,9-12,14-17,30H2,1H3/t18-,19+,26-/m1/s1. The van der Waals surface area contributed by atoms with Crippen molar-refractivity contribution < 1.29 is 14.6 Å². The van der Waals surface area contributed by atoms with Crippen LogP contribution >= 0.6 is 11.8 Å². The van der Waals surface area contributed by atoms with Crippen LogP contribution in [0.25, 0.3) is 0 Å². The van der Waals surface area contributed by atoms with Gasteiger partial charge in [0.25, 0.3) is 0 Å². The van der Waals surface area contributed by atoms with Crippen molar-refractivity contribution in [2.45, 2.75) is 54.3 Å². The fourth-order valence-electron chi connectivity index (χ4n) is 7.05. The monoisotopic (exact) mass is 561 g/mol. The minimum absolute atomic E-state index is 0.00994. The number of ether oxygens (including phenoxy) is 2. The molecule has 7 rings (SSSR count). The molecular formula is C29H35N7O3S. The van der Waals surface area contributed by atoms with E-state index in [4.69, 9.17) is 25.2 Å². The number of fused-ring (bicyclic) bond motifs is 4. The summed E-state index contributed by atoms with van der Waals surface area (Å²) in [4.78, 5) is 24.4. The SMILES string of the molecule is COC[C@@H]1C[C@H]2COc3c(Sc4cnc(N5CCC6(CC5)Cc5ncccc5[C@H]6N)c(CO)n4)ccnc3N2C1. The van der Waals surface area contributed by atoms with Crippen molar-refractivity contribution in [2.75, 3.05) is 49.8 Å². The molecule has 2 fully saturated rings. The van der Waals surface area contributed by atoms with Crippen LogP contribution in [0.1, 0.15) is 42.3 Å². The molecule has 6 heterocycles. The van der Waals surface area contributed by atoms with E-state index < -0.39 is 0 Å². The summed E-state index contributed by atoms with van der Waals surface area (Å²) in [5, 5.41) is 11.0. The van der Waals surface area contributed by atoms with Gasteiger partial charge in [0, 0.05) is 56.8 Å². The minimum Gasteiger partial charge on any atom is -0.486 e. The molecule has 40 heavy (non-hydrogen) atoms. The molecule has 0 saturated carbocycles. The van der Waals surface area contributed by atoms with Crippen LogP contribution in [-0.4, -0.2) is 71.0 Å². The molecular weight excluding hydrogens is 526 g/mol. The molecule has 1 aliphatic carbocycles. The topological polar surface area (TPSA) is 123 Å². The van der Waals surface area contributed by atoms with Crippen molar-refractivity contribution in [2.24, 2.45) is 17.1 Å². The molecule has 3 aromatic rings. The number of nitrogens with two attached hydrogens (primary N) is 1. The highest BCUT2D eigenvalue weighted by molar-refractivity contribution is 7.99. The molecule has 0 amide bonds. The van der Waals surface area contributed by atoms with Gasteiger partial charge in [0.1, 0.15) is 17.3 Å². The predicted molar refractivity (Wildman–Crippen MR) is 152 cm³/mol. The van der Waals surface area contributed by atoms with Crippen molar-refractivity contribution in [1.82, 2.24) is 19.9 Å². The lowest BCUT2D eigenvalue weighted by Crippen LogP contribution is -2.45. The summed E-state index contributed by atoms with van der Waals surface area (Å²) in [5.74, 6) is 2.91. The van der Waals surface area contributed by atoms with Crippen LogP contribution in [0.15, 0.2) is 46.7 Å². The highest BCUT2D eigenvalue weighted by Gasteiger charge is 2.47. The third-order valence-corrected chi connectivity index (χ3v) is 10.1. The van der Waals surface area contributed by atoms with E-state index in [2.05, 4.69) is 25.8 Å². The van der Waals surface area contributed by atoms with E-state index in [9.17, 15) is 5.11 Å². The molecule has 210 valence electrons. The van der Waals surface area contributed by atoms with E-state index >= 15 is 0 Å². The number of aliphatic hydroxyl groups excluding tert-OH is 1. The summed E-state index contributed by atoms with van der Waals surface area (Å²) >= 11 is 1.50. The second kappa shape index (κ2) is 10.4. The van der Waals surface area contributed by atoms with Gasteiger partial charge in [-0.15, -0.1) is 0 Å². The fourth-order valence-corrected chi connectivity index (χ4v) is 7.91. The van der Waals surface area contributed by atoms with Crippen LogP contribution in [0.5, 0.6) is 5.75 Å². The quantitative estimate of drug-likeness (QED) is 0.462. The van der Waals surface area contributed by atoms with Crippen LogP contribution < -0.4 is 20.3 Å². The number of anilines is 2. The second-order valence-corrected chi connectivity index (χ2v) is 12.5. The second-order valence-electron chi connectivity index (χ2n) is 11.4. The smallest absolute Gasteiger partial charge is 0.175 e. The largest absolute Gasteiger partial charge is 0.486 e. The Hall–Kier alpha value is -2.99. The Labute approximate surface area is 238 Å². The molecule has 4 aliphatic rings. The first kappa shape index (κ1) is 25.9. The Kier molecular flexibility index (Phi) is 6.77. The number of hydrogen-bond donors (Lipinski definition) is 2. The van der Waals surface area contributed by atoms with Gasteiger partial charge in [-0.1, -0.05) is 17.8 Å². The maximum atomic E-state index is 10.3. The maximum Gasteiger partial charge on any atom is 0.175 e. The number of aromatic nitrogens is 4. The van der Waals surface area contributed by atoms with E-state index in [0.29, 0.717) is 24.3 Å². The Morgan fingerprint density at radius 2 is 2.05 bits per heavy atom. The van der Waals surface area contributed by atoms with Gasteiger partial charge in [-0.05, 0) is 48.8 Å². The third kappa shape index (κ3) is 4.39. The number of pyridine rings is 2. The maximum absolute atomic E-state index is 10.3. The fraction of sp³-hybridized carbons (Fsp3) is 0.517. The highest BCUT2D eigenvalue weighted by Crippen LogP contribution is 2.50. The lowest BCUT2D eigenvalue weighted by molar-refractivity contribution is 0.157. The number of piperidine rings is 1. The van der Waals surface area contributed by atoms with Crippen LogP contribution in [0.4, 0.5) is 11.6 Å². The van der Waals surface area contributed by atoms with Gasteiger partial charge in [-0.3, -0.25) is 4.98 Å². The normalized spacial score (nSPS) is 24.5. The molecule has 2 saturated heterocycles. The van der Waals surface area contributed by atoms with Gasteiger partial charge in [0.15, 0.2) is 17.4 Å². The Balaban J connectivity index is 1.07. The van der Waals surface area contributed by atoms with E-state index in [1.54, 1.807) is 13.3 Å². The van der Waals surface area contributed by atoms with E-state index in [0.717, 1.165) is 84.9 Å². The molecule has 1 spiro atoms. The number of aliphatic hydroxyl groups is 1. The van der Waals surface area contributed by atoms with Crippen molar-refractivity contribution >= 4 is 23.4 Å². The first-order chi connectivity index (χ1) is 19.6. The van der Waals surface area contributed by atoms with Crippen molar-refractivity contribution in [3.05, 3.63) is 53.7 Å². The zero-order valence-electron chi connectivity index (χ0n) is 22.7. The predicted octanol–water partition coefficient (Wildman–Crippen LogP) is 2.99. The lowest BCUT2D eigenvalue weighted by Gasteiger charge is -2.42. The van der Waals surface area contributed by atoms with Gasteiger partial charge in [-0.2, -0.15) is 0 Å². The first-order valence-corrected chi connectivity index (χ1v) is 14.9. The molecule has 3 atom stereocenters. The summed E-state index contributed by atoms with van der Waals surface area (Å²) < 4.78 is 11.6. The summed E-state index contributed by atoms with van der Waals surface area (Å²) in [6.07, 6.45) is 9.37. The summed E-state index contributed by atoms with van der Waals surface area (Å²) in [7, 11) is 1.76. The number of rotatable bonds is 6. The van der Waals surface area contributed by atoms with E-state index in [1.807, 2.05) is 24.5 Å². The first-order valence-electron chi connectivity index (χ1n) is 14.0. The molecule has 0 bridgehead atoms. The number of hydrogen-bond acceptors (Lipinski definition) is 11. The zero-order valence-corrected chi connectivity index (χ0v) is 23.5. The summed E-state index contributed by atoms with van der Waals surface area (Å²) in [6.45, 7) is 3.78. The van der Waals surface area contributed by atoms with Gasteiger partial charge < -0.3 is 30.1 Å². The Morgan fingerprint density at radius 3 is 2.85 bits per heavy atom. The molecule has 3 aromatic heterocycles. The van der Waals surface area contributed by atoms with Crippen LogP contribution in [0.2, 0.25) is 0 Å². The average molecular weight is 562 g/mol. The highest BCUT2D eigenvalue weighted by atomic mass is 32.2. The van der Waals surface area contributed by atoms with Gasteiger partial charge in [0.2, 0.25) is 0 Å². The Morgan fingerprint density at radius 1 is 1.18 bits per heavy atom. The van der Waals surface area contributed by atoms with Crippen LogP contribution in [-0.2, 0) is 17.8 Å². The van der Waals surface area contributed by atoms with Crippen molar-refractivity contribution in [3.8, 4) is 5.75 Å². The molecule has 10 nitrogen and oxygen atoms in total. The molecule has 0 unspecified atom stereocenters. The summed E-state index contributed by atoms with van der Waals surface area (Å²) in [6, 6.07) is 6.39. The van der Waals surface area contributed by atoms with E-state index in [-0.39, 0.29) is 18.1 Å². The third-order valence-electron chi connectivity index (χ3n) is 9.11. The minimum atomic E-state index is -0.172. The van der Waals surface area contributed by atoms with Crippen molar-refractivity contribution in [1.29, 1.82) is 0 Å². The average Bonchev–Trinajstić information content (AvgIpc) is 3.52. The van der Waals surface area contributed by atoms with Gasteiger partial charge in [0.05, 0.1) is 30.3 Å². The Bertz CT molecular complexity index is 1400. The molecule has 3 aliphatic heterocycles. The molecule has 11 heteroatoms. The molecule has 0 aromatic carbocycles. The molecule has 0 radical (unpaired) electrons. The molecule has 3 N–H and O–H groups in total. The van der Waals surface area contributed by atoms with E-state index in [1.165, 1.54) is 17.3 Å². The zero-order chi connectivity index (χ0) is 27.3. The summed E-state index contributed by atoms with van der Waals surface area (Å²) in [5.41, 5.74) is 9.68.